The molecule has 4 rings (SSSR count). The highest BCUT2D eigenvalue weighted by Gasteiger charge is 2.22. The maximum atomic E-state index is 6.30. The Balaban J connectivity index is 1.88. The average molecular weight is 374 g/mol. The molecular weight excluding hydrogens is 361 g/mol. The second kappa shape index (κ2) is 6.48. The summed E-state index contributed by atoms with van der Waals surface area (Å²) in [5.74, 6) is 0.687. The summed E-state index contributed by atoms with van der Waals surface area (Å²) in [7, 11) is 1.60. The van der Waals surface area contributed by atoms with Gasteiger partial charge in [-0.1, -0.05) is 29.3 Å². The van der Waals surface area contributed by atoms with E-state index in [4.69, 9.17) is 27.9 Å². The van der Waals surface area contributed by atoms with Crippen molar-refractivity contribution in [2.24, 2.45) is 4.99 Å². The lowest BCUT2D eigenvalue weighted by Gasteiger charge is -2.27. The fourth-order valence-corrected chi connectivity index (χ4v) is 3.28. The van der Waals surface area contributed by atoms with Gasteiger partial charge in [-0.05, 0) is 24.3 Å². The van der Waals surface area contributed by atoms with Crippen LogP contribution in [-0.4, -0.2) is 34.4 Å². The Morgan fingerprint density at radius 1 is 1.16 bits per heavy atom. The van der Waals surface area contributed by atoms with E-state index in [1.807, 2.05) is 29.4 Å². The van der Waals surface area contributed by atoms with Crippen LogP contribution < -0.4 is 4.90 Å². The minimum absolute atomic E-state index is 0.477. The van der Waals surface area contributed by atoms with Crippen molar-refractivity contribution < 1.29 is 4.74 Å². The van der Waals surface area contributed by atoms with Gasteiger partial charge in [0.15, 0.2) is 0 Å². The Morgan fingerprint density at radius 2 is 1.96 bits per heavy atom. The molecule has 3 heterocycles. The van der Waals surface area contributed by atoms with Gasteiger partial charge in [-0.3, -0.25) is 4.90 Å². The number of benzene rings is 1. The molecule has 1 atom stereocenters. The minimum Gasteiger partial charge on any atom is -0.342 e. The first-order chi connectivity index (χ1) is 12.2. The zero-order valence-electron chi connectivity index (χ0n) is 13.2. The van der Waals surface area contributed by atoms with Crippen LogP contribution in [0.25, 0.3) is 16.6 Å². The topological polar surface area (TPSA) is 55.5 Å². The summed E-state index contributed by atoms with van der Waals surface area (Å²) in [5, 5.41) is 6.47. The standard InChI is InChI=1S/C17H13Cl2N5O/c1-25-17-21-7-3-9-23(17)16-11-10-24(22-14(11)6-8-20-16)15-12(18)4-2-5-13(15)19/h2-10,17H,1H3. The van der Waals surface area contributed by atoms with Gasteiger partial charge in [-0.25, -0.2) is 14.7 Å². The molecule has 25 heavy (non-hydrogen) atoms. The maximum absolute atomic E-state index is 6.30. The van der Waals surface area contributed by atoms with Gasteiger partial charge in [-0.15, -0.1) is 0 Å². The molecule has 1 aliphatic rings. The van der Waals surface area contributed by atoms with Crippen molar-refractivity contribution in [3.05, 3.63) is 59.0 Å². The van der Waals surface area contributed by atoms with Gasteiger partial charge >= 0.3 is 0 Å². The first-order valence-corrected chi connectivity index (χ1v) is 8.24. The van der Waals surface area contributed by atoms with Crippen LogP contribution in [0.5, 0.6) is 0 Å². The fraction of sp³-hybridized carbons (Fsp3) is 0.118. The molecule has 0 bridgehead atoms. The molecule has 8 heteroatoms. The lowest BCUT2D eigenvalue weighted by molar-refractivity contribution is 0.114. The SMILES string of the molecule is COC1N=CC=CN1c1nccc2nn(-c3c(Cl)cccc3Cl)cc12. The molecule has 3 aromatic rings. The fourth-order valence-electron chi connectivity index (χ4n) is 2.71. The van der Waals surface area contributed by atoms with E-state index in [2.05, 4.69) is 15.1 Å². The predicted octanol–water partition coefficient (Wildman–Crippen LogP) is 4.06. The van der Waals surface area contributed by atoms with Gasteiger partial charge < -0.3 is 4.74 Å². The number of hydrogen-bond donors (Lipinski definition) is 0. The number of para-hydroxylation sites is 1. The molecule has 2 aromatic heterocycles. The highest BCUT2D eigenvalue weighted by Crippen LogP contribution is 2.32. The van der Waals surface area contributed by atoms with Crippen LogP contribution in [0.1, 0.15) is 0 Å². The largest absolute Gasteiger partial charge is 0.342 e. The number of aromatic nitrogens is 3. The molecule has 0 amide bonds. The molecule has 1 aromatic carbocycles. The maximum Gasteiger partial charge on any atom is 0.232 e. The Hall–Kier alpha value is -2.41. The van der Waals surface area contributed by atoms with Crippen LogP contribution in [-0.2, 0) is 4.74 Å². The monoisotopic (exact) mass is 373 g/mol. The second-order valence-electron chi connectivity index (χ2n) is 5.32. The molecule has 0 aliphatic carbocycles. The van der Waals surface area contributed by atoms with E-state index < -0.39 is 6.35 Å². The van der Waals surface area contributed by atoms with Crippen LogP contribution in [0.4, 0.5) is 5.82 Å². The second-order valence-corrected chi connectivity index (χ2v) is 6.13. The number of methoxy groups -OCH3 is 1. The first-order valence-electron chi connectivity index (χ1n) is 7.49. The Bertz CT molecular complexity index is 978. The summed E-state index contributed by atoms with van der Waals surface area (Å²) in [6.07, 6.45) is 8.45. The van der Waals surface area contributed by atoms with Gasteiger partial charge in [-0.2, -0.15) is 5.10 Å². The normalized spacial score (nSPS) is 16.8. The van der Waals surface area contributed by atoms with Crippen LogP contribution in [0.3, 0.4) is 0 Å². The molecule has 1 unspecified atom stereocenters. The molecule has 0 N–H and O–H groups in total. The minimum atomic E-state index is -0.477. The van der Waals surface area contributed by atoms with Gasteiger partial charge in [0.2, 0.25) is 6.35 Å². The summed E-state index contributed by atoms with van der Waals surface area (Å²) >= 11 is 12.6. The van der Waals surface area contributed by atoms with Crippen LogP contribution in [0.2, 0.25) is 10.0 Å². The summed E-state index contributed by atoms with van der Waals surface area (Å²) in [6.45, 7) is 0. The summed E-state index contributed by atoms with van der Waals surface area (Å²) in [4.78, 5) is 10.6. The van der Waals surface area contributed by atoms with Crippen LogP contribution in [0.15, 0.2) is 53.9 Å². The summed E-state index contributed by atoms with van der Waals surface area (Å²) in [6, 6.07) is 7.18. The van der Waals surface area contributed by atoms with Crippen molar-refractivity contribution in [1.82, 2.24) is 14.8 Å². The third-order valence-corrected chi connectivity index (χ3v) is 4.43. The number of fused-ring (bicyclic) bond motifs is 1. The number of hydrogen-bond acceptors (Lipinski definition) is 5. The molecule has 0 radical (unpaired) electrons. The molecular formula is C17H13Cl2N5O. The van der Waals surface area contributed by atoms with Crippen LogP contribution in [0, 0.1) is 0 Å². The van der Waals surface area contributed by atoms with Crippen molar-refractivity contribution in [3.63, 3.8) is 0 Å². The van der Waals surface area contributed by atoms with E-state index in [9.17, 15) is 0 Å². The van der Waals surface area contributed by atoms with E-state index >= 15 is 0 Å². The van der Waals surface area contributed by atoms with E-state index in [1.165, 1.54) is 0 Å². The van der Waals surface area contributed by atoms with E-state index in [1.54, 1.807) is 42.4 Å². The number of aliphatic imine (C=N–C) groups is 1. The zero-order valence-corrected chi connectivity index (χ0v) is 14.7. The molecule has 0 saturated heterocycles. The Labute approximate surface area is 154 Å². The predicted molar refractivity (Wildman–Crippen MR) is 99.8 cm³/mol. The summed E-state index contributed by atoms with van der Waals surface area (Å²) in [5.41, 5.74) is 1.39. The van der Waals surface area contributed by atoms with Gasteiger partial charge in [0.05, 0.1) is 20.9 Å². The third-order valence-electron chi connectivity index (χ3n) is 3.82. The Morgan fingerprint density at radius 3 is 2.72 bits per heavy atom. The number of allylic oxidation sites excluding steroid dienone is 1. The van der Waals surface area contributed by atoms with Crippen LogP contribution >= 0.6 is 23.2 Å². The lowest BCUT2D eigenvalue weighted by Crippen LogP contribution is -2.33. The average Bonchev–Trinajstić information content (AvgIpc) is 3.05. The number of nitrogens with zero attached hydrogens (tertiary/aromatic N) is 5. The summed E-state index contributed by atoms with van der Waals surface area (Å²) < 4.78 is 7.07. The highest BCUT2D eigenvalue weighted by molar-refractivity contribution is 6.37. The van der Waals surface area contributed by atoms with Crippen molar-refractivity contribution in [1.29, 1.82) is 0 Å². The first kappa shape index (κ1) is 16.1. The third kappa shape index (κ3) is 2.78. The molecule has 126 valence electrons. The van der Waals surface area contributed by atoms with Gasteiger partial charge in [0.25, 0.3) is 0 Å². The number of rotatable bonds is 3. The molecule has 6 nitrogen and oxygen atoms in total. The number of pyridine rings is 1. The smallest absolute Gasteiger partial charge is 0.232 e. The Kier molecular flexibility index (Phi) is 4.17. The van der Waals surface area contributed by atoms with E-state index in [0.717, 1.165) is 10.9 Å². The van der Waals surface area contributed by atoms with Crippen molar-refractivity contribution in [2.45, 2.75) is 6.35 Å². The lowest BCUT2D eigenvalue weighted by atomic mass is 10.3. The van der Waals surface area contributed by atoms with Crippen molar-refractivity contribution >= 4 is 46.1 Å². The molecule has 1 aliphatic heterocycles. The molecule has 0 spiro atoms. The van der Waals surface area contributed by atoms with Crippen molar-refractivity contribution in [3.8, 4) is 5.69 Å². The number of ether oxygens (including phenoxy) is 1. The van der Waals surface area contributed by atoms with Gasteiger partial charge in [0.1, 0.15) is 11.5 Å². The number of halogens is 2. The van der Waals surface area contributed by atoms with E-state index in [-0.39, 0.29) is 0 Å². The van der Waals surface area contributed by atoms with Crippen molar-refractivity contribution in [2.75, 3.05) is 12.0 Å². The van der Waals surface area contributed by atoms with E-state index in [0.29, 0.717) is 21.6 Å². The zero-order chi connectivity index (χ0) is 17.4. The quantitative estimate of drug-likeness (QED) is 0.694. The number of anilines is 1. The molecule has 0 fully saturated rings. The van der Waals surface area contributed by atoms with Gasteiger partial charge in [0, 0.05) is 31.9 Å². The highest BCUT2D eigenvalue weighted by atomic mass is 35.5. The molecule has 0 saturated carbocycles.